The average Bonchev–Trinajstić information content (AvgIpc) is 3.31. The minimum Gasteiger partial charge on any atom is -0.472 e. The Labute approximate surface area is 196 Å². The van der Waals surface area contributed by atoms with Gasteiger partial charge >= 0.3 is 12.3 Å². The molecule has 8 nitrogen and oxygen atoms in total. The van der Waals surface area contributed by atoms with E-state index < -0.39 is 17.9 Å². The second-order valence-electron chi connectivity index (χ2n) is 9.23. The lowest BCUT2D eigenvalue weighted by molar-refractivity contribution is -0.258. The summed E-state index contributed by atoms with van der Waals surface area (Å²) < 4.78 is 57.6. The van der Waals surface area contributed by atoms with Gasteiger partial charge in [0.25, 0.3) is 5.88 Å². The maximum absolute atomic E-state index is 13.5. The molecule has 2 saturated carbocycles. The van der Waals surface area contributed by atoms with Crippen molar-refractivity contribution < 1.29 is 32.2 Å². The van der Waals surface area contributed by atoms with Gasteiger partial charge in [0.05, 0.1) is 12.2 Å². The fraction of sp³-hybridized carbons (Fsp3) is 0.739. The Morgan fingerprint density at radius 3 is 2.21 bits per heavy atom. The van der Waals surface area contributed by atoms with Gasteiger partial charge in [-0.2, -0.15) is 18.4 Å². The van der Waals surface area contributed by atoms with Gasteiger partial charge in [0.1, 0.15) is 12.2 Å². The van der Waals surface area contributed by atoms with Crippen LogP contribution < -0.4 is 4.74 Å². The lowest BCUT2D eigenvalue weighted by Gasteiger charge is -2.38. The lowest BCUT2D eigenvalue weighted by Crippen LogP contribution is -2.51. The van der Waals surface area contributed by atoms with Crippen molar-refractivity contribution in [2.24, 2.45) is 0 Å². The van der Waals surface area contributed by atoms with E-state index in [-0.39, 0.29) is 42.7 Å². The molecule has 1 aliphatic heterocycles. The Morgan fingerprint density at radius 1 is 1.00 bits per heavy atom. The van der Waals surface area contributed by atoms with Gasteiger partial charge < -0.3 is 19.1 Å². The summed E-state index contributed by atoms with van der Waals surface area (Å²) in [6.07, 6.45) is 2.21. The van der Waals surface area contributed by atoms with Crippen LogP contribution >= 0.6 is 0 Å². The summed E-state index contributed by atoms with van der Waals surface area (Å²) in [6, 6.07) is 1.97. The summed E-state index contributed by atoms with van der Waals surface area (Å²) in [5.41, 5.74) is -2.17. The number of nitrogens with zero attached hydrogens (tertiary/aromatic N) is 4. The molecule has 3 aliphatic rings. The minimum atomic E-state index is -4.55. The summed E-state index contributed by atoms with van der Waals surface area (Å²) in [7, 11) is 0. The minimum absolute atomic E-state index is 0.0419. The molecule has 186 valence electrons. The molecule has 0 atom stereocenters. The van der Waals surface area contributed by atoms with E-state index in [2.05, 4.69) is 9.97 Å². The van der Waals surface area contributed by atoms with Gasteiger partial charge in [-0.25, -0.2) is 14.8 Å². The number of likely N-dealkylation sites (tertiary alicyclic amines) is 1. The molecule has 0 N–H and O–H groups in total. The third-order valence-electron chi connectivity index (χ3n) is 6.97. The van der Waals surface area contributed by atoms with Crippen molar-refractivity contribution in [3.8, 4) is 11.9 Å². The number of hydrogen-bond acceptors (Lipinski definition) is 7. The van der Waals surface area contributed by atoms with Crippen LogP contribution in [0, 0.1) is 11.3 Å². The van der Waals surface area contributed by atoms with Gasteiger partial charge in [0, 0.05) is 25.5 Å². The van der Waals surface area contributed by atoms with Crippen molar-refractivity contribution in [3.63, 3.8) is 0 Å². The molecule has 1 aromatic heterocycles. The number of amides is 1. The SMILES string of the molecule is N#Cc1nccnc1O[C@H]1CC[C@H](OC2CCN(C(=O)OC3(C(F)(F)F)CCCC3)CC2)CC1. The summed E-state index contributed by atoms with van der Waals surface area (Å²) in [6.45, 7) is 0.638. The highest BCUT2D eigenvalue weighted by Crippen LogP contribution is 2.46. The van der Waals surface area contributed by atoms with E-state index in [1.54, 1.807) is 0 Å². The molecule has 3 fully saturated rings. The van der Waals surface area contributed by atoms with E-state index in [0.717, 1.165) is 25.7 Å². The number of alkyl halides is 3. The van der Waals surface area contributed by atoms with Crippen molar-refractivity contribution in [1.29, 1.82) is 5.26 Å². The quantitative estimate of drug-likeness (QED) is 0.608. The van der Waals surface area contributed by atoms with Crippen LogP contribution in [-0.2, 0) is 9.47 Å². The largest absolute Gasteiger partial charge is 0.472 e. The van der Waals surface area contributed by atoms with Gasteiger partial charge in [0.15, 0.2) is 0 Å². The van der Waals surface area contributed by atoms with Crippen molar-refractivity contribution in [2.45, 2.75) is 94.3 Å². The van der Waals surface area contributed by atoms with E-state index in [9.17, 15) is 18.0 Å². The maximum atomic E-state index is 13.5. The van der Waals surface area contributed by atoms with Gasteiger partial charge in [-0.05, 0) is 64.2 Å². The van der Waals surface area contributed by atoms with E-state index in [1.165, 1.54) is 17.3 Å². The molecule has 1 amide bonds. The highest BCUT2D eigenvalue weighted by atomic mass is 19.4. The van der Waals surface area contributed by atoms with Crippen molar-refractivity contribution in [3.05, 3.63) is 18.1 Å². The van der Waals surface area contributed by atoms with E-state index in [1.807, 2.05) is 6.07 Å². The molecule has 0 radical (unpaired) electrons. The predicted octanol–water partition coefficient (Wildman–Crippen LogP) is 4.53. The molecule has 2 heterocycles. The van der Waals surface area contributed by atoms with Crippen LogP contribution in [0.4, 0.5) is 18.0 Å². The molecular weight excluding hydrogens is 453 g/mol. The fourth-order valence-corrected chi connectivity index (χ4v) is 5.00. The molecular formula is C23H29F3N4O4. The maximum Gasteiger partial charge on any atom is 0.428 e. The standard InChI is InChI=1S/C23H29F3N4O4/c24-23(25,26)22(9-1-2-10-22)34-21(31)30-13-7-18(8-14-30)32-16-3-5-17(6-4-16)33-20-19(15-27)28-11-12-29-20/h11-12,16-18H,1-10,13-14H2/t16-,17-. The van der Waals surface area contributed by atoms with E-state index in [0.29, 0.717) is 38.8 Å². The number of halogens is 3. The third-order valence-corrected chi connectivity index (χ3v) is 6.97. The van der Waals surface area contributed by atoms with Gasteiger partial charge in [-0.1, -0.05) is 0 Å². The molecule has 0 unspecified atom stereocenters. The first-order chi connectivity index (χ1) is 16.3. The summed E-state index contributed by atoms with van der Waals surface area (Å²) in [5, 5.41) is 9.11. The first kappa shape index (κ1) is 24.5. The lowest BCUT2D eigenvalue weighted by atomic mass is 9.94. The zero-order valence-corrected chi connectivity index (χ0v) is 18.9. The summed E-state index contributed by atoms with van der Waals surface area (Å²) >= 11 is 0. The fourth-order valence-electron chi connectivity index (χ4n) is 5.00. The Balaban J connectivity index is 1.19. The molecule has 0 bridgehead atoms. The van der Waals surface area contributed by atoms with Crippen LogP contribution in [0.15, 0.2) is 12.4 Å². The molecule has 1 saturated heterocycles. The van der Waals surface area contributed by atoms with Gasteiger partial charge in [-0.15, -0.1) is 0 Å². The second-order valence-corrected chi connectivity index (χ2v) is 9.23. The van der Waals surface area contributed by atoms with Crippen molar-refractivity contribution in [1.82, 2.24) is 14.9 Å². The number of rotatable bonds is 5. The van der Waals surface area contributed by atoms with Crippen LogP contribution in [0.2, 0.25) is 0 Å². The average molecular weight is 483 g/mol. The molecule has 0 aromatic carbocycles. The topological polar surface area (TPSA) is 97.6 Å². The number of carbonyl (C=O) groups is 1. The number of carbonyl (C=O) groups excluding carboxylic acids is 1. The van der Waals surface area contributed by atoms with Gasteiger partial charge in [0.2, 0.25) is 11.3 Å². The molecule has 11 heteroatoms. The number of nitriles is 1. The summed E-state index contributed by atoms with van der Waals surface area (Å²) in [5.74, 6) is 0.249. The monoisotopic (exact) mass is 482 g/mol. The zero-order valence-electron chi connectivity index (χ0n) is 18.9. The van der Waals surface area contributed by atoms with Crippen molar-refractivity contribution in [2.75, 3.05) is 13.1 Å². The normalized spacial score (nSPS) is 25.5. The summed E-state index contributed by atoms with van der Waals surface area (Å²) in [4.78, 5) is 21.9. The molecule has 34 heavy (non-hydrogen) atoms. The zero-order chi connectivity index (χ0) is 24.2. The van der Waals surface area contributed by atoms with E-state index in [4.69, 9.17) is 19.5 Å². The molecule has 2 aliphatic carbocycles. The first-order valence-corrected chi connectivity index (χ1v) is 11.9. The van der Waals surface area contributed by atoms with Crippen LogP contribution in [0.25, 0.3) is 0 Å². The smallest absolute Gasteiger partial charge is 0.428 e. The van der Waals surface area contributed by atoms with Crippen molar-refractivity contribution >= 4 is 6.09 Å². The second kappa shape index (κ2) is 10.3. The number of piperidine rings is 1. The number of aromatic nitrogens is 2. The van der Waals surface area contributed by atoms with Crippen LogP contribution in [0.5, 0.6) is 5.88 Å². The van der Waals surface area contributed by atoms with Crippen LogP contribution in [0.1, 0.15) is 69.9 Å². The highest BCUT2D eigenvalue weighted by molar-refractivity contribution is 5.68. The first-order valence-electron chi connectivity index (χ1n) is 11.9. The Bertz CT molecular complexity index is 885. The molecule has 4 rings (SSSR count). The number of hydrogen-bond donors (Lipinski definition) is 0. The van der Waals surface area contributed by atoms with Crippen LogP contribution in [0.3, 0.4) is 0 Å². The highest BCUT2D eigenvalue weighted by Gasteiger charge is 2.59. The molecule has 0 spiro atoms. The Morgan fingerprint density at radius 2 is 1.59 bits per heavy atom. The van der Waals surface area contributed by atoms with Gasteiger partial charge in [-0.3, -0.25) is 0 Å². The van der Waals surface area contributed by atoms with Crippen LogP contribution in [-0.4, -0.2) is 64.1 Å². The Hall–Kier alpha value is -2.61. The third kappa shape index (κ3) is 5.54. The molecule has 1 aromatic rings. The predicted molar refractivity (Wildman–Crippen MR) is 113 cm³/mol. The van der Waals surface area contributed by atoms with E-state index >= 15 is 0 Å². The number of ether oxygens (including phenoxy) is 3. The Kier molecular flexibility index (Phi) is 7.45.